The van der Waals surface area contributed by atoms with Crippen LogP contribution in [-0.4, -0.2) is 22.1 Å². The number of aryl methyl sites for hydroxylation is 1. The number of nitrogens with zero attached hydrogens (tertiary/aromatic N) is 1. The SMILES string of the molecule is Cc1ccc(OC(C(=O)O)C2CC2)cc1[N+](=O)[O-]. The van der Waals surface area contributed by atoms with Gasteiger partial charge in [0.2, 0.25) is 0 Å². The molecule has 0 radical (unpaired) electrons. The number of nitro benzene ring substituents is 1. The number of aliphatic carboxylic acids is 1. The van der Waals surface area contributed by atoms with E-state index in [0.29, 0.717) is 5.56 Å². The maximum absolute atomic E-state index is 11.0. The summed E-state index contributed by atoms with van der Waals surface area (Å²) in [5.74, 6) is -0.782. The smallest absolute Gasteiger partial charge is 0.345 e. The fourth-order valence-corrected chi connectivity index (χ4v) is 1.75. The van der Waals surface area contributed by atoms with Gasteiger partial charge < -0.3 is 9.84 Å². The summed E-state index contributed by atoms with van der Waals surface area (Å²) < 4.78 is 5.34. The highest BCUT2D eigenvalue weighted by atomic mass is 16.6. The summed E-state index contributed by atoms with van der Waals surface area (Å²) in [4.78, 5) is 21.3. The first-order chi connectivity index (χ1) is 8.49. The highest BCUT2D eigenvalue weighted by Gasteiger charge is 2.38. The minimum Gasteiger partial charge on any atom is -0.478 e. The van der Waals surface area contributed by atoms with E-state index in [4.69, 9.17) is 9.84 Å². The Labute approximate surface area is 103 Å². The van der Waals surface area contributed by atoms with E-state index in [2.05, 4.69) is 0 Å². The average Bonchev–Trinajstić information content (AvgIpc) is 3.11. The summed E-state index contributed by atoms with van der Waals surface area (Å²) >= 11 is 0. The van der Waals surface area contributed by atoms with E-state index >= 15 is 0 Å². The third-order valence-corrected chi connectivity index (χ3v) is 2.93. The normalized spacial score (nSPS) is 16.1. The molecule has 2 rings (SSSR count). The lowest BCUT2D eigenvalue weighted by atomic mass is 10.2. The molecule has 1 fully saturated rings. The van der Waals surface area contributed by atoms with E-state index in [-0.39, 0.29) is 17.4 Å². The molecule has 1 unspecified atom stereocenters. The van der Waals surface area contributed by atoms with E-state index in [1.807, 2.05) is 0 Å². The van der Waals surface area contributed by atoms with Crippen LogP contribution in [0.2, 0.25) is 0 Å². The Balaban J connectivity index is 2.20. The minimum atomic E-state index is -1.03. The molecular formula is C12H13NO5. The van der Waals surface area contributed by atoms with E-state index in [0.717, 1.165) is 12.8 Å². The predicted octanol–water partition coefficient (Wildman–Crippen LogP) is 2.15. The Kier molecular flexibility index (Phi) is 3.18. The van der Waals surface area contributed by atoms with Gasteiger partial charge in [0, 0.05) is 11.5 Å². The zero-order valence-corrected chi connectivity index (χ0v) is 9.83. The van der Waals surface area contributed by atoms with Gasteiger partial charge in [-0.25, -0.2) is 4.79 Å². The van der Waals surface area contributed by atoms with Crippen LogP contribution < -0.4 is 4.74 Å². The predicted molar refractivity (Wildman–Crippen MR) is 62.6 cm³/mol. The number of carboxylic acid groups (broad SMARTS) is 1. The lowest BCUT2D eigenvalue weighted by molar-refractivity contribution is -0.385. The van der Waals surface area contributed by atoms with Crippen molar-refractivity contribution in [3.05, 3.63) is 33.9 Å². The molecule has 1 aromatic rings. The fraction of sp³-hybridized carbons (Fsp3) is 0.417. The van der Waals surface area contributed by atoms with E-state index in [9.17, 15) is 14.9 Å². The maximum atomic E-state index is 11.0. The Morgan fingerprint density at radius 1 is 1.56 bits per heavy atom. The number of ether oxygens (including phenoxy) is 1. The third-order valence-electron chi connectivity index (χ3n) is 2.93. The molecule has 0 bridgehead atoms. The summed E-state index contributed by atoms with van der Waals surface area (Å²) in [7, 11) is 0. The van der Waals surface area contributed by atoms with Crippen molar-refractivity contribution in [1.29, 1.82) is 0 Å². The van der Waals surface area contributed by atoms with Gasteiger partial charge in [0.05, 0.1) is 11.0 Å². The van der Waals surface area contributed by atoms with Gasteiger partial charge in [0.1, 0.15) is 5.75 Å². The molecule has 1 aliphatic carbocycles. The van der Waals surface area contributed by atoms with Crippen molar-refractivity contribution in [2.45, 2.75) is 25.9 Å². The second-order valence-corrected chi connectivity index (χ2v) is 4.42. The van der Waals surface area contributed by atoms with Crippen LogP contribution in [0.5, 0.6) is 5.75 Å². The van der Waals surface area contributed by atoms with Crippen LogP contribution in [0.3, 0.4) is 0 Å². The second-order valence-electron chi connectivity index (χ2n) is 4.42. The van der Waals surface area contributed by atoms with E-state index in [1.165, 1.54) is 6.07 Å². The van der Waals surface area contributed by atoms with Gasteiger partial charge >= 0.3 is 5.97 Å². The van der Waals surface area contributed by atoms with E-state index < -0.39 is 17.0 Å². The van der Waals surface area contributed by atoms with Crippen molar-refractivity contribution in [2.75, 3.05) is 0 Å². The van der Waals surface area contributed by atoms with Crippen LogP contribution in [0.1, 0.15) is 18.4 Å². The van der Waals surface area contributed by atoms with Crippen LogP contribution in [0.4, 0.5) is 5.69 Å². The summed E-state index contributed by atoms with van der Waals surface area (Å²) in [6.07, 6.45) is 0.739. The first-order valence-corrected chi connectivity index (χ1v) is 5.63. The lowest BCUT2D eigenvalue weighted by Gasteiger charge is -2.14. The van der Waals surface area contributed by atoms with Crippen LogP contribution in [-0.2, 0) is 4.79 Å². The number of carbonyl (C=O) groups is 1. The Morgan fingerprint density at radius 2 is 2.22 bits per heavy atom. The van der Waals surface area contributed by atoms with Crippen molar-refractivity contribution < 1.29 is 19.6 Å². The molecule has 1 aliphatic rings. The summed E-state index contributed by atoms with van der Waals surface area (Å²) in [5.41, 5.74) is 0.457. The lowest BCUT2D eigenvalue weighted by Crippen LogP contribution is -2.29. The monoisotopic (exact) mass is 251 g/mol. The molecule has 6 heteroatoms. The number of nitro groups is 1. The molecule has 6 nitrogen and oxygen atoms in total. The van der Waals surface area contributed by atoms with Crippen LogP contribution in [0.25, 0.3) is 0 Å². The second kappa shape index (κ2) is 4.64. The first-order valence-electron chi connectivity index (χ1n) is 5.63. The van der Waals surface area contributed by atoms with Crippen molar-refractivity contribution >= 4 is 11.7 Å². The van der Waals surface area contributed by atoms with Gasteiger partial charge in [0.25, 0.3) is 5.69 Å². The number of rotatable bonds is 5. The molecule has 1 aromatic carbocycles. The molecule has 0 spiro atoms. The first kappa shape index (κ1) is 12.3. The minimum absolute atomic E-state index is 0.0165. The van der Waals surface area contributed by atoms with Crippen molar-refractivity contribution in [2.24, 2.45) is 5.92 Å². The summed E-state index contributed by atoms with van der Waals surface area (Å²) in [6.45, 7) is 1.62. The molecule has 18 heavy (non-hydrogen) atoms. The molecule has 0 aliphatic heterocycles. The largest absolute Gasteiger partial charge is 0.478 e. The van der Waals surface area contributed by atoms with Crippen LogP contribution in [0, 0.1) is 23.0 Å². The Bertz CT molecular complexity index is 495. The molecule has 1 saturated carbocycles. The number of carboxylic acids is 1. The number of hydrogen-bond acceptors (Lipinski definition) is 4. The molecule has 1 atom stereocenters. The zero-order chi connectivity index (χ0) is 13.3. The topological polar surface area (TPSA) is 89.7 Å². The molecule has 96 valence electrons. The van der Waals surface area contributed by atoms with Gasteiger partial charge in [-0.1, -0.05) is 0 Å². The molecule has 0 amide bonds. The highest BCUT2D eigenvalue weighted by Crippen LogP contribution is 2.35. The van der Waals surface area contributed by atoms with Crippen molar-refractivity contribution in [1.82, 2.24) is 0 Å². The molecule has 1 N–H and O–H groups in total. The zero-order valence-electron chi connectivity index (χ0n) is 9.83. The summed E-state index contributed by atoms with van der Waals surface area (Å²) in [6, 6.07) is 4.38. The standard InChI is InChI=1S/C12H13NO5/c1-7-2-5-9(6-10(7)13(16)17)18-11(12(14)15)8-3-4-8/h2,5-6,8,11H,3-4H2,1H3,(H,14,15). The number of hydrogen-bond donors (Lipinski definition) is 1. The Hall–Kier alpha value is -2.11. The van der Waals surface area contributed by atoms with Crippen LogP contribution >= 0.6 is 0 Å². The highest BCUT2D eigenvalue weighted by molar-refractivity contribution is 5.73. The van der Waals surface area contributed by atoms with Gasteiger partial charge in [-0.2, -0.15) is 0 Å². The van der Waals surface area contributed by atoms with Gasteiger partial charge in [-0.15, -0.1) is 0 Å². The summed E-state index contributed by atoms with van der Waals surface area (Å²) in [5, 5.41) is 19.8. The maximum Gasteiger partial charge on any atom is 0.345 e. The van der Waals surface area contributed by atoms with Crippen molar-refractivity contribution in [3.8, 4) is 5.75 Å². The van der Waals surface area contributed by atoms with Crippen molar-refractivity contribution in [3.63, 3.8) is 0 Å². The number of benzene rings is 1. The third kappa shape index (κ3) is 2.58. The van der Waals surface area contributed by atoms with Gasteiger partial charge in [-0.3, -0.25) is 10.1 Å². The average molecular weight is 251 g/mol. The molecule has 0 heterocycles. The Morgan fingerprint density at radius 3 is 2.72 bits per heavy atom. The quantitative estimate of drug-likeness (QED) is 0.639. The molecular weight excluding hydrogens is 238 g/mol. The van der Waals surface area contributed by atoms with E-state index in [1.54, 1.807) is 19.1 Å². The van der Waals surface area contributed by atoms with Gasteiger partial charge in [-0.05, 0) is 31.9 Å². The molecule has 0 aromatic heterocycles. The van der Waals surface area contributed by atoms with Gasteiger partial charge in [0.15, 0.2) is 6.10 Å². The molecule has 0 saturated heterocycles. The fourth-order valence-electron chi connectivity index (χ4n) is 1.75. The van der Waals surface area contributed by atoms with Crippen LogP contribution in [0.15, 0.2) is 18.2 Å².